The minimum Gasteiger partial charge on any atom is -0.550 e. The summed E-state index contributed by atoms with van der Waals surface area (Å²) >= 11 is 0. The number of carboxylic acids is 1. The van der Waals surface area contributed by atoms with E-state index in [1.165, 1.54) is 77.0 Å². The molecule has 0 aliphatic rings. The third kappa shape index (κ3) is 22.1. The van der Waals surface area contributed by atoms with Gasteiger partial charge in [0.15, 0.2) is 6.10 Å². The van der Waals surface area contributed by atoms with Crippen LogP contribution < -0.4 is 5.11 Å². The highest BCUT2D eigenvalue weighted by Gasteiger charge is 2.22. The van der Waals surface area contributed by atoms with Crippen molar-refractivity contribution in [2.75, 3.05) is 27.7 Å². The lowest BCUT2D eigenvalue weighted by molar-refractivity contribution is -0.873. The third-order valence-electron chi connectivity index (χ3n) is 6.07. The monoisotopic (exact) mass is 455 g/mol. The molecular formula is C27H53NO4. The van der Waals surface area contributed by atoms with Crippen molar-refractivity contribution in [2.45, 2.75) is 129 Å². The lowest BCUT2D eigenvalue weighted by atomic mass is 9.96. The van der Waals surface area contributed by atoms with Gasteiger partial charge in [-0.25, -0.2) is 0 Å². The summed E-state index contributed by atoms with van der Waals surface area (Å²) in [5.41, 5.74) is 0. The van der Waals surface area contributed by atoms with E-state index in [0.29, 0.717) is 17.4 Å². The smallest absolute Gasteiger partial charge is 0.306 e. The highest BCUT2D eigenvalue weighted by Crippen LogP contribution is 2.18. The molecule has 5 heteroatoms. The number of carbonyl (C=O) groups is 2. The summed E-state index contributed by atoms with van der Waals surface area (Å²) in [5.74, 6) is -0.561. The van der Waals surface area contributed by atoms with Crippen LogP contribution in [0.1, 0.15) is 123 Å². The molecule has 0 aromatic carbocycles. The molecule has 0 aromatic rings. The van der Waals surface area contributed by atoms with Gasteiger partial charge in [-0.1, -0.05) is 104 Å². The molecule has 0 radical (unpaired) electrons. The third-order valence-corrected chi connectivity index (χ3v) is 6.07. The van der Waals surface area contributed by atoms with Gasteiger partial charge < -0.3 is 19.1 Å². The van der Waals surface area contributed by atoms with Crippen LogP contribution in [0, 0.1) is 5.92 Å². The van der Waals surface area contributed by atoms with Crippen LogP contribution in [-0.4, -0.2) is 50.2 Å². The van der Waals surface area contributed by atoms with Crippen molar-refractivity contribution in [2.24, 2.45) is 5.92 Å². The minimum absolute atomic E-state index is 0.237. The zero-order valence-electron chi connectivity index (χ0n) is 22.0. The quantitative estimate of drug-likeness (QED) is 0.120. The number of hydrogen-bond donors (Lipinski definition) is 0. The molecule has 2 unspecified atom stereocenters. The first-order valence-corrected chi connectivity index (χ1v) is 13.3. The second-order valence-electron chi connectivity index (χ2n) is 10.8. The zero-order valence-corrected chi connectivity index (χ0v) is 22.0. The van der Waals surface area contributed by atoms with Gasteiger partial charge in [-0.05, 0) is 12.3 Å². The Bertz CT molecular complexity index is 473. The lowest BCUT2D eigenvalue weighted by Gasteiger charge is -2.29. The number of rotatable bonds is 22. The van der Waals surface area contributed by atoms with Crippen LogP contribution in [0.4, 0.5) is 0 Å². The summed E-state index contributed by atoms with van der Waals surface area (Å²) in [7, 11) is 5.85. The Kier molecular flexibility index (Phi) is 18.7. The number of carboxylic acid groups (broad SMARTS) is 1. The molecule has 32 heavy (non-hydrogen) atoms. The predicted molar refractivity (Wildman–Crippen MR) is 131 cm³/mol. The van der Waals surface area contributed by atoms with Gasteiger partial charge in [-0.3, -0.25) is 4.79 Å². The molecule has 0 bridgehead atoms. The fourth-order valence-electron chi connectivity index (χ4n) is 4.25. The number of nitrogens with zero attached hydrogens (tertiary/aromatic N) is 1. The topological polar surface area (TPSA) is 66.4 Å². The summed E-state index contributed by atoms with van der Waals surface area (Å²) in [6, 6.07) is 0. The van der Waals surface area contributed by atoms with Crippen LogP contribution in [0.3, 0.4) is 0 Å². The highest BCUT2D eigenvalue weighted by molar-refractivity contribution is 5.70. The Balaban J connectivity index is 3.59. The Labute approximate surface area is 198 Å². The van der Waals surface area contributed by atoms with Gasteiger partial charge in [0.1, 0.15) is 6.54 Å². The molecule has 0 aliphatic carbocycles. The molecule has 0 amide bonds. The number of hydrogen-bond acceptors (Lipinski definition) is 4. The van der Waals surface area contributed by atoms with Crippen LogP contribution in [0.25, 0.3) is 0 Å². The molecule has 5 nitrogen and oxygen atoms in total. The van der Waals surface area contributed by atoms with Crippen molar-refractivity contribution in [1.82, 2.24) is 0 Å². The summed E-state index contributed by atoms with van der Waals surface area (Å²) in [5, 5.41) is 10.9. The fraction of sp³-hybridized carbons (Fsp3) is 0.926. The summed E-state index contributed by atoms with van der Waals surface area (Å²) in [6.45, 7) is 5.15. The number of unbranched alkanes of at least 4 members (excludes halogenated alkanes) is 11. The van der Waals surface area contributed by atoms with E-state index >= 15 is 0 Å². The molecular weight excluding hydrogens is 402 g/mol. The van der Waals surface area contributed by atoms with Crippen LogP contribution in [0.15, 0.2) is 0 Å². The Hall–Kier alpha value is -1.10. The largest absolute Gasteiger partial charge is 0.550 e. The number of quaternary nitrogens is 1. The molecule has 0 saturated heterocycles. The van der Waals surface area contributed by atoms with Gasteiger partial charge in [0.05, 0.1) is 21.1 Å². The van der Waals surface area contributed by atoms with Crippen LogP contribution >= 0.6 is 0 Å². The normalized spacial score (nSPS) is 13.7. The summed E-state index contributed by atoms with van der Waals surface area (Å²) in [6.07, 6.45) is 18.8. The second-order valence-corrected chi connectivity index (χ2v) is 10.8. The van der Waals surface area contributed by atoms with Gasteiger partial charge in [-0.15, -0.1) is 0 Å². The molecule has 0 aliphatic heterocycles. The molecule has 0 N–H and O–H groups in total. The standard InChI is InChI=1S/C27H53NO4/c1-6-7-16-19-24(2)20-17-14-12-10-8-9-11-13-15-18-21-27(31)32-25(22-26(29)30)23-28(3,4)5/h24-25H,6-23H2,1-5H3. The first-order valence-electron chi connectivity index (χ1n) is 13.3. The first kappa shape index (κ1) is 30.9. The average molecular weight is 456 g/mol. The predicted octanol–water partition coefficient (Wildman–Crippen LogP) is 5.64. The Morgan fingerprint density at radius 2 is 1.25 bits per heavy atom. The molecule has 0 heterocycles. The zero-order chi connectivity index (χ0) is 24.2. The second kappa shape index (κ2) is 19.4. The van der Waals surface area contributed by atoms with Crippen molar-refractivity contribution < 1.29 is 23.9 Å². The van der Waals surface area contributed by atoms with Crippen LogP contribution in [0.5, 0.6) is 0 Å². The highest BCUT2D eigenvalue weighted by atomic mass is 16.5. The molecule has 0 saturated carbocycles. The number of aliphatic carboxylic acids is 1. The van der Waals surface area contributed by atoms with Crippen molar-refractivity contribution >= 4 is 11.9 Å². The van der Waals surface area contributed by atoms with Gasteiger partial charge in [-0.2, -0.15) is 0 Å². The van der Waals surface area contributed by atoms with E-state index in [1.807, 2.05) is 21.1 Å². The summed E-state index contributed by atoms with van der Waals surface area (Å²) in [4.78, 5) is 22.9. The molecule has 0 aromatic heterocycles. The lowest BCUT2D eigenvalue weighted by Crippen LogP contribution is -2.45. The molecule has 0 fully saturated rings. The van der Waals surface area contributed by atoms with Gasteiger partial charge in [0, 0.05) is 18.8 Å². The van der Waals surface area contributed by atoms with E-state index in [4.69, 9.17) is 4.74 Å². The van der Waals surface area contributed by atoms with E-state index in [9.17, 15) is 14.7 Å². The Morgan fingerprint density at radius 3 is 1.72 bits per heavy atom. The van der Waals surface area contributed by atoms with Crippen molar-refractivity contribution in [3.8, 4) is 0 Å². The van der Waals surface area contributed by atoms with E-state index in [1.54, 1.807) is 0 Å². The maximum Gasteiger partial charge on any atom is 0.306 e. The maximum absolute atomic E-state index is 12.0. The Morgan fingerprint density at radius 1 is 0.781 bits per heavy atom. The SMILES string of the molecule is CCCCCC(C)CCCCCCCCCCCCC(=O)OC(CC(=O)[O-])C[N+](C)(C)C. The molecule has 0 spiro atoms. The van der Waals surface area contributed by atoms with Crippen LogP contribution in [0.2, 0.25) is 0 Å². The first-order chi connectivity index (χ1) is 15.1. The summed E-state index contributed by atoms with van der Waals surface area (Å²) < 4.78 is 5.94. The fourth-order valence-corrected chi connectivity index (χ4v) is 4.25. The van der Waals surface area contributed by atoms with E-state index in [0.717, 1.165) is 25.2 Å². The van der Waals surface area contributed by atoms with Crippen molar-refractivity contribution in [1.29, 1.82) is 0 Å². The van der Waals surface area contributed by atoms with Crippen LogP contribution in [-0.2, 0) is 14.3 Å². The number of carbonyl (C=O) groups excluding carboxylic acids is 2. The maximum atomic E-state index is 12.0. The van der Waals surface area contributed by atoms with Crippen molar-refractivity contribution in [3.63, 3.8) is 0 Å². The van der Waals surface area contributed by atoms with E-state index in [2.05, 4.69) is 13.8 Å². The number of ether oxygens (including phenoxy) is 1. The van der Waals surface area contributed by atoms with Gasteiger partial charge in [0.2, 0.25) is 0 Å². The number of likely N-dealkylation sites (N-methyl/N-ethyl adjacent to an activating group) is 1. The average Bonchev–Trinajstić information content (AvgIpc) is 2.67. The van der Waals surface area contributed by atoms with E-state index in [-0.39, 0.29) is 12.4 Å². The van der Waals surface area contributed by atoms with E-state index < -0.39 is 12.1 Å². The molecule has 190 valence electrons. The van der Waals surface area contributed by atoms with Crippen molar-refractivity contribution in [3.05, 3.63) is 0 Å². The number of esters is 1. The van der Waals surface area contributed by atoms with Gasteiger partial charge in [0.25, 0.3) is 0 Å². The van der Waals surface area contributed by atoms with Gasteiger partial charge >= 0.3 is 5.97 Å². The molecule has 2 atom stereocenters. The molecule has 0 rings (SSSR count). The minimum atomic E-state index is -1.17.